The maximum atomic E-state index is 5.74. The molecule has 1 aromatic carbocycles. The van der Waals surface area contributed by atoms with Crippen LogP contribution in [0.5, 0.6) is 11.6 Å². The first-order valence-corrected chi connectivity index (χ1v) is 7.31. The zero-order chi connectivity index (χ0) is 13.7. The van der Waals surface area contributed by atoms with Gasteiger partial charge in [-0.3, -0.25) is 0 Å². The Morgan fingerprint density at radius 3 is 2.68 bits per heavy atom. The first kappa shape index (κ1) is 14.3. The van der Waals surface area contributed by atoms with Gasteiger partial charge in [-0.1, -0.05) is 25.5 Å². The molecule has 0 spiro atoms. The summed E-state index contributed by atoms with van der Waals surface area (Å²) < 4.78 is 6.34. The van der Waals surface area contributed by atoms with Gasteiger partial charge in [0, 0.05) is 6.20 Å². The minimum atomic E-state index is 0.165. The number of rotatable bonds is 5. The Bertz CT molecular complexity index is 546. The third kappa shape index (κ3) is 4.18. The third-order valence-electron chi connectivity index (χ3n) is 2.64. The van der Waals surface area contributed by atoms with E-state index in [0.717, 1.165) is 12.2 Å². The molecule has 0 bridgehead atoms. The van der Waals surface area contributed by atoms with E-state index < -0.39 is 0 Å². The topological polar surface area (TPSA) is 35.0 Å². The van der Waals surface area contributed by atoms with Crippen molar-refractivity contribution in [2.45, 2.75) is 26.2 Å². The van der Waals surface area contributed by atoms with E-state index in [1.165, 1.54) is 18.4 Å². The normalized spacial score (nSPS) is 10.5. The number of benzene rings is 1. The summed E-state index contributed by atoms with van der Waals surface area (Å²) in [6.45, 7) is 2.19. The minimum absolute atomic E-state index is 0.165. The molecule has 0 amide bonds. The van der Waals surface area contributed by atoms with Crippen molar-refractivity contribution in [1.29, 1.82) is 0 Å². The molecule has 19 heavy (non-hydrogen) atoms. The maximum absolute atomic E-state index is 5.74. The first-order valence-electron chi connectivity index (χ1n) is 6.14. The Balaban J connectivity index is 2.08. The van der Waals surface area contributed by atoms with Gasteiger partial charge in [-0.15, -0.1) is 0 Å². The molecule has 2 rings (SSSR count). The van der Waals surface area contributed by atoms with Gasteiger partial charge in [-0.25, -0.2) is 4.98 Å². The van der Waals surface area contributed by atoms with Crippen LogP contribution in [0.4, 0.5) is 0 Å². The summed E-state index contributed by atoms with van der Waals surface area (Å²) in [7, 11) is 0. The maximum Gasteiger partial charge on any atom is 0.237 e. The van der Waals surface area contributed by atoms with Gasteiger partial charge < -0.3 is 4.74 Å². The van der Waals surface area contributed by atoms with Gasteiger partial charge in [0.15, 0.2) is 0 Å². The average Bonchev–Trinajstić information content (AvgIpc) is 2.42. The molecule has 0 radical (unpaired) electrons. The van der Waals surface area contributed by atoms with Crippen LogP contribution in [0.3, 0.4) is 0 Å². The molecule has 0 N–H and O–H groups in total. The molecular weight excluding hydrogens is 328 g/mol. The van der Waals surface area contributed by atoms with Gasteiger partial charge >= 0.3 is 0 Å². The number of nitrogens with zero attached hydrogens (tertiary/aromatic N) is 2. The van der Waals surface area contributed by atoms with Crippen molar-refractivity contribution in [3.8, 4) is 11.6 Å². The van der Waals surface area contributed by atoms with Crippen LogP contribution in [0.25, 0.3) is 0 Å². The molecule has 2 aromatic rings. The molecule has 0 atom stereocenters. The molecular formula is C14H14BrClN2O. The summed E-state index contributed by atoms with van der Waals surface area (Å²) in [4.78, 5) is 7.88. The highest BCUT2D eigenvalue weighted by Gasteiger charge is 2.06. The van der Waals surface area contributed by atoms with Crippen LogP contribution in [0.15, 0.2) is 34.9 Å². The van der Waals surface area contributed by atoms with Crippen LogP contribution in [0.1, 0.15) is 25.3 Å². The van der Waals surface area contributed by atoms with Crippen LogP contribution in [-0.2, 0) is 6.42 Å². The smallest absolute Gasteiger partial charge is 0.237 e. The second-order valence-electron chi connectivity index (χ2n) is 4.14. The molecule has 0 unspecified atom stereocenters. The minimum Gasteiger partial charge on any atom is -0.438 e. The fourth-order valence-corrected chi connectivity index (χ4v) is 2.02. The van der Waals surface area contributed by atoms with Gasteiger partial charge in [0.05, 0.1) is 4.47 Å². The molecule has 0 fully saturated rings. The largest absolute Gasteiger partial charge is 0.438 e. The number of aromatic nitrogens is 2. The molecule has 0 saturated heterocycles. The molecule has 5 heteroatoms. The second kappa shape index (κ2) is 6.87. The van der Waals surface area contributed by atoms with Gasteiger partial charge in [0.1, 0.15) is 5.75 Å². The van der Waals surface area contributed by atoms with Gasteiger partial charge in [-0.2, -0.15) is 4.98 Å². The number of hydrogen-bond acceptors (Lipinski definition) is 3. The number of aryl methyl sites for hydroxylation is 1. The lowest BCUT2D eigenvalue weighted by atomic mass is 10.1. The van der Waals surface area contributed by atoms with E-state index in [0.29, 0.717) is 10.4 Å². The molecule has 100 valence electrons. The molecule has 0 saturated carbocycles. The summed E-state index contributed by atoms with van der Waals surface area (Å²) in [6.07, 6.45) is 5.07. The Labute approximate surface area is 126 Å². The van der Waals surface area contributed by atoms with Crippen molar-refractivity contribution in [1.82, 2.24) is 9.97 Å². The van der Waals surface area contributed by atoms with E-state index in [-0.39, 0.29) is 5.28 Å². The van der Waals surface area contributed by atoms with Crippen molar-refractivity contribution >= 4 is 27.5 Å². The van der Waals surface area contributed by atoms with Crippen molar-refractivity contribution in [2.75, 3.05) is 0 Å². The molecule has 0 aliphatic rings. The summed E-state index contributed by atoms with van der Waals surface area (Å²) in [5.74, 6) is 1.15. The Morgan fingerprint density at radius 2 is 2.00 bits per heavy atom. The molecule has 0 aliphatic carbocycles. The van der Waals surface area contributed by atoms with Crippen LogP contribution in [0, 0.1) is 0 Å². The summed E-state index contributed by atoms with van der Waals surface area (Å²) in [5, 5.41) is 0.165. The van der Waals surface area contributed by atoms with Gasteiger partial charge in [-0.05, 0) is 58.1 Å². The van der Waals surface area contributed by atoms with Crippen molar-refractivity contribution in [2.24, 2.45) is 0 Å². The van der Waals surface area contributed by atoms with E-state index in [9.17, 15) is 0 Å². The number of hydrogen-bond donors (Lipinski definition) is 0. The van der Waals surface area contributed by atoms with Crippen LogP contribution < -0.4 is 4.74 Å². The average molecular weight is 342 g/mol. The standard InChI is InChI=1S/C14H14BrClN2O/c1-2-3-4-10-5-7-11(8-6-10)19-13-12(15)9-17-14(16)18-13/h5-9H,2-4H2,1H3. The predicted molar refractivity (Wildman–Crippen MR) is 79.9 cm³/mol. The quantitative estimate of drug-likeness (QED) is 0.716. The zero-order valence-electron chi connectivity index (χ0n) is 10.6. The van der Waals surface area contributed by atoms with Crippen LogP contribution in [-0.4, -0.2) is 9.97 Å². The molecule has 1 aromatic heterocycles. The molecule has 1 heterocycles. The lowest BCUT2D eigenvalue weighted by Gasteiger charge is -2.07. The zero-order valence-corrected chi connectivity index (χ0v) is 12.9. The lowest BCUT2D eigenvalue weighted by molar-refractivity contribution is 0.458. The monoisotopic (exact) mass is 340 g/mol. The highest BCUT2D eigenvalue weighted by molar-refractivity contribution is 9.10. The van der Waals surface area contributed by atoms with E-state index in [2.05, 4.69) is 45.0 Å². The summed E-state index contributed by atoms with van der Waals surface area (Å²) in [5.41, 5.74) is 1.31. The second-order valence-corrected chi connectivity index (χ2v) is 5.33. The van der Waals surface area contributed by atoms with Gasteiger partial charge in [0.2, 0.25) is 11.2 Å². The summed E-state index contributed by atoms with van der Waals surface area (Å²) in [6, 6.07) is 8.02. The predicted octanol–water partition coefficient (Wildman–Crippen LogP) is 5.03. The fourth-order valence-electron chi connectivity index (χ4n) is 1.62. The number of ether oxygens (including phenoxy) is 1. The third-order valence-corrected chi connectivity index (χ3v) is 3.37. The Morgan fingerprint density at radius 1 is 1.26 bits per heavy atom. The molecule has 0 aliphatic heterocycles. The van der Waals surface area contributed by atoms with Crippen molar-refractivity contribution in [3.05, 3.63) is 45.8 Å². The highest BCUT2D eigenvalue weighted by atomic mass is 79.9. The first-order chi connectivity index (χ1) is 9.19. The Kier molecular flexibility index (Phi) is 5.16. The highest BCUT2D eigenvalue weighted by Crippen LogP contribution is 2.28. The van der Waals surface area contributed by atoms with Crippen LogP contribution in [0.2, 0.25) is 5.28 Å². The van der Waals surface area contributed by atoms with E-state index >= 15 is 0 Å². The number of halogens is 2. The fraction of sp³-hybridized carbons (Fsp3) is 0.286. The van der Waals surface area contributed by atoms with Crippen molar-refractivity contribution in [3.63, 3.8) is 0 Å². The van der Waals surface area contributed by atoms with Crippen LogP contribution >= 0.6 is 27.5 Å². The van der Waals surface area contributed by atoms with Crippen molar-refractivity contribution < 1.29 is 4.74 Å². The van der Waals surface area contributed by atoms with E-state index in [4.69, 9.17) is 16.3 Å². The SMILES string of the molecule is CCCCc1ccc(Oc2nc(Cl)ncc2Br)cc1. The lowest BCUT2D eigenvalue weighted by Crippen LogP contribution is -1.92. The Hall–Kier alpha value is -1.13. The van der Waals surface area contributed by atoms with E-state index in [1.54, 1.807) is 6.20 Å². The number of unbranched alkanes of at least 4 members (excludes halogenated alkanes) is 1. The summed E-state index contributed by atoms with van der Waals surface area (Å²) >= 11 is 9.07. The van der Waals surface area contributed by atoms with E-state index in [1.807, 2.05) is 12.1 Å². The van der Waals surface area contributed by atoms with Gasteiger partial charge in [0.25, 0.3) is 0 Å². The molecule has 3 nitrogen and oxygen atoms in total.